The Labute approximate surface area is 136 Å². The maximum Gasteiger partial charge on any atom is 2.00 e. The predicted octanol–water partition coefficient (Wildman–Crippen LogP) is -3.23. The van der Waals surface area contributed by atoms with E-state index in [0.29, 0.717) is 0 Å². The van der Waals surface area contributed by atoms with Crippen LogP contribution in [0.3, 0.4) is 0 Å². The summed E-state index contributed by atoms with van der Waals surface area (Å²) in [7, 11) is 7.42. The molecule has 0 aromatic carbocycles. The van der Waals surface area contributed by atoms with Gasteiger partial charge in [0, 0.05) is 12.4 Å². The molecule has 0 aliphatic rings. The summed E-state index contributed by atoms with van der Waals surface area (Å²) in [6, 6.07) is -1.91. The molecule has 0 radical (unpaired) electrons. The number of amides is 2. The number of hydrogen-bond donors (Lipinski definition) is 0. The van der Waals surface area contributed by atoms with Crippen LogP contribution in [-0.2, 0) is 9.59 Å². The van der Waals surface area contributed by atoms with Crippen LogP contribution in [0.15, 0.2) is 0 Å². The molecule has 0 saturated heterocycles. The number of carbonyl (C=O) groups excluding carboxylic acids is 3. The van der Waals surface area contributed by atoms with Crippen LogP contribution in [0.5, 0.6) is 0 Å². The van der Waals surface area contributed by atoms with Gasteiger partial charge in [0.1, 0.15) is 12.0 Å². The molecule has 0 heterocycles. The van der Waals surface area contributed by atoms with Crippen LogP contribution in [0.1, 0.15) is 6.42 Å². The Morgan fingerprint density at radius 1 is 1.00 bits per heavy atom. The van der Waals surface area contributed by atoms with Crippen molar-refractivity contribution < 1.29 is 33.6 Å². The van der Waals surface area contributed by atoms with Gasteiger partial charge >= 0.3 is 43.8 Å². The summed E-state index contributed by atoms with van der Waals surface area (Å²) >= 11 is 0. The zero-order chi connectivity index (χ0) is 14.0. The fourth-order valence-corrected chi connectivity index (χ4v) is 1.64. The molecular formula is C10H18CaN2O5+2. The van der Waals surface area contributed by atoms with Crippen molar-refractivity contribution in [2.75, 3.05) is 35.2 Å². The minimum atomic E-state index is -1.58. The molecule has 0 spiro atoms. The van der Waals surface area contributed by atoms with Gasteiger partial charge in [-0.2, -0.15) is 4.79 Å². The summed E-state index contributed by atoms with van der Waals surface area (Å²) in [5.74, 6) is -3.11. The Hall–Kier alpha value is -0.210. The van der Waals surface area contributed by atoms with Crippen molar-refractivity contribution in [1.82, 2.24) is 0 Å². The number of urea groups is 1. The number of likely N-dealkylation sites (N-methyl/N-ethyl adjacent to an activating group) is 1. The third-order valence-electron chi connectivity index (χ3n) is 2.48. The Balaban J connectivity index is 0. The van der Waals surface area contributed by atoms with Crippen LogP contribution in [-0.4, -0.2) is 106 Å². The van der Waals surface area contributed by atoms with Crippen molar-refractivity contribution >= 4 is 55.7 Å². The zero-order valence-electron chi connectivity index (χ0n) is 11.4. The van der Waals surface area contributed by atoms with Gasteiger partial charge in [0.15, 0.2) is 0 Å². The van der Waals surface area contributed by atoms with Crippen molar-refractivity contribution in [3.05, 3.63) is 0 Å². The summed E-state index contributed by atoms with van der Waals surface area (Å²) in [6.07, 6.45) is -0.763. The van der Waals surface area contributed by atoms with E-state index in [4.69, 9.17) is 0 Å². The first-order valence-corrected chi connectivity index (χ1v) is 5.01. The Kier molecular flexibility index (Phi) is 7.61. The van der Waals surface area contributed by atoms with Crippen LogP contribution >= 0.6 is 0 Å². The molecule has 0 fully saturated rings. The van der Waals surface area contributed by atoms with Gasteiger partial charge in [-0.25, -0.2) is 8.97 Å². The van der Waals surface area contributed by atoms with Gasteiger partial charge in [-0.15, -0.1) is 0 Å². The molecule has 2 amide bonds. The maximum absolute atomic E-state index is 12.1. The van der Waals surface area contributed by atoms with Crippen molar-refractivity contribution in [3.63, 3.8) is 0 Å². The van der Waals surface area contributed by atoms with Gasteiger partial charge < -0.3 is 19.8 Å². The van der Waals surface area contributed by atoms with E-state index in [2.05, 4.69) is 0 Å². The van der Waals surface area contributed by atoms with Gasteiger partial charge in [0.05, 0.1) is 35.2 Å². The average molecular weight is 286 g/mol. The summed E-state index contributed by atoms with van der Waals surface area (Å²) in [5, 5.41) is 21.4. The van der Waals surface area contributed by atoms with Crippen LogP contribution < -0.4 is 10.2 Å². The molecule has 0 saturated carbocycles. The molecule has 0 rings (SSSR count). The van der Waals surface area contributed by atoms with E-state index in [1.807, 2.05) is 0 Å². The third kappa shape index (κ3) is 5.19. The number of hydrogen-bond acceptors (Lipinski definition) is 5. The van der Waals surface area contributed by atoms with E-state index < -0.39 is 34.9 Å². The van der Waals surface area contributed by atoms with Crippen molar-refractivity contribution in [1.29, 1.82) is 0 Å². The number of carbonyl (C=O) groups is 3. The maximum atomic E-state index is 12.1. The van der Waals surface area contributed by atoms with Crippen molar-refractivity contribution in [2.24, 2.45) is 0 Å². The Morgan fingerprint density at radius 2 is 1.39 bits per heavy atom. The van der Waals surface area contributed by atoms with Crippen LogP contribution in [0, 0.1) is 0 Å². The Morgan fingerprint density at radius 3 is 1.61 bits per heavy atom. The van der Waals surface area contributed by atoms with Crippen molar-refractivity contribution in [3.8, 4) is 0 Å². The average Bonchev–Trinajstić information content (AvgIpc) is 2.10. The van der Waals surface area contributed by atoms with Gasteiger partial charge in [0.2, 0.25) is 0 Å². The third-order valence-corrected chi connectivity index (χ3v) is 2.48. The molecule has 0 aromatic heterocycles. The van der Waals surface area contributed by atoms with E-state index in [0.717, 1.165) is 0 Å². The van der Waals surface area contributed by atoms with E-state index >= 15 is 0 Å². The Bertz CT molecular complexity index is 349. The molecule has 0 aromatic rings. The van der Waals surface area contributed by atoms with Gasteiger partial charge in [-0.05, 0) is 0 Å². The molecular weight excluding hydrogens is 268 g/mol. The molecule has 0 bridgehead atoms. The second-order valence-corrected chi connectivity index (χ2v) is 5.25. The molecule has 7 nitrogen and oxygen atoms in total. The number of carboxylic acids is 2. The topological polar surface area (TPSA) is 97.3 Å². The first-order chi connectivity index (χ1) is 7.40. The predicted molar refractivity (Wildman–Crippen MR) is 59.7 cm³/mol. The van der Waals surface area contributed by atoms with E-state index in [-0.39, 0.29) is 42.2 Å². The zero-order valence-corrected chi connectivity index (χ0v) is 13.6. The number of carboxylic acid groups (broad SMARTS) is 2. The molecule has 8 heteroatoms. The first kappa shape index (κ1) is 20.1. The smallest absolute Gasteiger partial charge is 0.550 e. The monoisotopic (exact) mass is 286 g/mol. The summed E-state index contributed by atoms with van der Waals surface area (Å²) in [5.41, 5.74) is 0. The second-order valence-electron chi connectivity index (χ2n) is 5.25. The molecule has 1 atom stereocenters. The van der Waals surface area contributed by atoms with Gasteiger partial charge in [0.25, 0.3) is 0 Å². The summed E-state index contributed by atoms with van der Waals surface area (Å²) in [6.45, 7) is 0. The second kappa shape index (κ2) is 6.81. The van der Waals surface area contributed by atoms with E-state index in [1.165, 1.54) is 14.1 Å². The van der Waals surface area contributed by atoms with Crippen molar-refractivity contribution in [2.45, 2.75) is 12.5 Å². The number of rotatable bonds is 4. The van der Waals surface area contributed by atoms with E-state index in [9.17, 15) is 24.6 Å². The van der Waals surface area contributed by atoms with Gasteiger partial charge in [-0.3, -0.25) is 0 Å². The standard InChI is InChI=1S/C10H18N2O5.Ca/c1-11(2,3)10(17)12(4,5)7(9(15)16)6-8(13)14;/h7H,6H2,1-5H3;/q;+2. The van der Waals surface area contributed by atoms with Crippen LogP contribution in [0.2, 0.25) is 0 Å². The minimum absolute atomic E-state index is 0. The fraction of sp³-hybridized carbons (Fsp3) is 0.700. The molecule has 0 aliphatic carbocycles. The number of quaternary nitrogens is 2. The molecule has 18 heavy (non-hydrogen) atoms. The molecule has 98 valence electrons. The van der Waals surface area contributed by atoms with Crippen LogP contribution in [0.4, 0.5) is 4.79 Å². The fourth-order valence-electron chi connectivity index (χ4n) is 1.64. The molecule has 0 aliphatic heterocycles. The SMILES string of the molecule is C[N+](C)(C)C(=O)[N+](C)(C)C(CC(=O)[O-])C(=O)[O-].[Ca+2]. The molecule has 1 unspecified atom stereocenters. The molecule has 0 N–H and O–H groups in total. The quantitative estimate of drug-likeness (QED) is 0.400. The van der Waals surface area contributed by atoms with Gasteiger partial charge in [-0.1, -0.05) is 0 Å². The first-order valence-electron chi connectivity index (χ1n) is 5.01. The number of nitrogens with zero attached hydrogens (tertiary/aromatic N) is 2. The summed E-state index contributed by atoms with van der Waals surface area (Å²) in [4.78, 5) is 33.5. The van der Waals surface area contributed by atoms with E-state index in [1.54, 1.807) is 21.1 Å². The summed E-state index contributed by atoms with van der Waals surface area (Å²) < 4.78 is -0.732. The largest absolute Gasteiger partial charge is 2.00 e. The minimum Gasteiger partial charge on any atom is -0.550 e. The normalized spacial score (nSPS) is 13.4. The van der Waals surface area contributed by atoms with Crippen LogP contribution in [0.25, 0.3) is 0 Å². The number of aliphatic carboxylic acids is 2.